The Balaban J connectivity index is 1.51. The fourth-order valence-corrected chi connectivity index (χ4v) is 2.50. The zero-order chi connectivity index (χ0) is 18.4. The maximum Gasteiger partial charge on any atom is 0.227 e. The molecule has 1 amide bonds. The van der Waals surface area contributed by atoms with Gasteiger partial charge in [-0.15, -0.1) is 0 Å². The van der Waals surface area contributed by atoms with Crippen LogP contribution in [0.2, 0.25) is 0 Å². The van der Waals surface area contributed by atoms with E-state index in [0.29, 0.717) is 30.4 Å². The predicted molar refractivity (Wildman–Crippen MR) is 94.6 cm³/mol. The molecule has 0 saturated carbocycles. The number of ether oxygens (including phenoxy) is 1. The van der Waals surface area contributed by atoms with Gasteiger partial charge in [0.2, 0.25) is 17.6 Å². The maximum atomic E-state index is 12.0. The molecule has 1 atom stereocenters. The average Bonchev–Trinajstić information content (AvgIpc) is 3.36. The molecular weight excluding hydrogens is 334 g/mol. The van der Waals surface area contributed by atoms with Crippen LogP contribution in [-0.2, 0) is 11.2 Å². The van der Waals surface area contributed by atoms with E-state index in [1.54, 1.807) is 19.6 Å². The molecule has 1 N–H and O–H groups in total. The molecule has 3 rings (SSSR count). The Labute approximate surface area is 151 Å². The molecule has 0 saturated heterocycles. The lowest BCUT2D eigenvalue weighted by atomic mass is 10.2. The third-order valence-electron chi connectivity index (χ3n) is 4.01. The number of aryl methyl sites for hydroxylation is 1. The molecule has 8 nitrogen and oxygen atoms in total. The van der Waals surface area contributed by atoms with E-state index in [1.165, 1.54) is 0 Å². The van der Waals surface area contributed by atoms with Crippen LogP contribution in [0.15, 0.2) is 47.5 Å². The van der Waals surface area contributed by atoms with Crippen LogP contribution in [0, 0.1) is 0 Å². The van der Waals surface area contributed by atoms with Gasteiger partial charge in [-0.25, -0.2) is 4.98 Å². The second kappa shape index (κ2) is 8.28. The number of benzene rings is 1. The summed E-state index contributed by atoms with van der Waals surface area (Å²) in [7, 11) is 1.59. The van der Waals surface area contributed by atoms with Gasteiger partial charge >= 0.3 is 0 Å². The van der Waals surface area contributed by atoms with E-state index in [9.17, 15) is 4.79 Å². The molecule has 2 aromatic heterocycles. The number of aromatic nitrogens is 4. The number of rotatable bonds is 8. The van der Waals surface area contributed by atoms with Crippen molar-refractivity contribution in [2.24, 2.45) is 0 Å². The molecule has 0 fully saturated rings. The van der Waals surface area contributed by atoms with Gasteiger partial charge in [0.25, 0.3) is 0 Å². The van der Waals surface area contributed by atoms with E-state index in [0.717, 1.165) is 5.56 Å². The number of nitrogens with one attached hydrogen (secondary N) is 1. The van der Waals surface area contributed by atoms with Crippen molar-refractivity contribution in [3.05, 3.63) is 48.9 Å². The first-order valence-electron chi connectivity index (χ1n) is 8.37. The Morgan fingerprint density at radius 1 is 1.38 bits per heavy atom. The second-order valence-corrected chi connectivity index (χ2v) is 5.88. The lowest BCUT2D eigenvalue weighted by molar-refractivity contribution is -0.121. The summed E-state index contributed by atoms with van der Waals surface area (Å²) in [5.74, 6) is 1.48. The van der Waals surface area contributed by atoms with Crippen molar-refractivity contribution in [3.63, 3.8) is 0 Å². The van der Waals surface area contributed by atoms with Crippen LogP contribution in [0.4, 0.5) is 0 Å². The van der Waals surface area contributed by atoms with E-state index in [1.807, 2.05) is 42.0 Å². The van der Waals surface area contributed by atoms with Gasteiger partial charge in [-0.3, -0.25) is 4.79 Å². The van der Waals surface area contributed by atoms with E-state index in [4.69, 9.17) is 9.26 Å². The van der Waals surface area contributed by atoms with Crippen LogP contribution in [0.5, 0.6) is 5.75 Å². The lowest BCUT2D eigenvalue weighted by Gasteiger charge is -2.13. The summed E-state index contributed by atoms with van der Waals surface area (Å²) in [6.07, 6.45) is 5.98. The minimum atomic E-state index is -0.0611. The topological polar surface area (TPSA) is 95.1 Å². The Morgan fingerprint density at radius 3 is 3.00 bits per heavy atom. The largest absolute Gasteiger partial charge is 0.496 e. The minimum absolute atomic E-state index is 0.0611. The van der Waals surface area contributed by atoms with Crippen LogP contribution in [0.25, 0.3) is 11.4 Å². The number of methoxy groups -OCH3 is 1. The molecule has 8 heteroatoms. The summed E-state index contributed by atoms with van der Waals surface area (Å²) >= 11 is 0. The van der Waals surface area contributed by atoms with Gasteiger partial charge < -0.3 is 19.1 Å². The molecule has 0 aliphatic heterocycles. The number of hydrogen-bond acceptors (Lipinski definition) is 6. The minimum Gasteiger partial charge on any atom is -0.496 e. The van der Waals surface area contributed by atoms with Crippen molar-refractivity contribution in [1.29, 1.82) is 0 Å². The normalized spacial score (nSPS) is 11.9. The van der Waals surface area contributed by atoms with Crippen LogP contribution in [0.1, 0.15) is 25.3 Å². The monoisotopic (exact) mass is 355 g/mol. The van der Waals surface area contributed by atoms with Crippen molar-refractivity contribution in [1.82, 2.24) is 25.0 Å². The molecule has 0 spiro atoms. The Bertz CT molecular complexity index is 844. The second-order valence-electron chi connectivity index (χ2n) is 5.88. The zero-order valence-corrected chi connectivity index (χ0v) is 14.8. The molecular formula is C18H21N5O3. The number of hydrogen-bond donors (Lipinski definition) is 1. The first kappa shape index (κ1) is 17.7. The molecule has 0 aliphatic rings. The Kier molecular flexibility index (Phi) is 5.62. The van der Waals surface area contributed by atoms with E-state index in [2.05, 4.69) is 20.4 Å². The molecule has 26 heavy (non-hydrogen) atoms. The van der Waals surface area contributed by atoms with Gasteiger partial charge in [0.1, 0.15) is 5.75 Å². The highest BCUT2D eigenvalue weighted by Gasteiger charge is 2.14. The van der Waals surface area contributed by atoms with Crippen molar-refractivity contribution in [3.8, 4) is 17.1 Å². The maximum absolute atomic E-state index is 12.0. The van der Waals surface area contributed by atoms with E-state index in [-0.39, 0.29) is 18.4 Å². The number of carbonyl (C=O) groups is 1. The fourth-order valence-electron chi connectivity index (χ4n) is 2.50. The van der Waals surface area contributed by atoms with Gasteiger partial charge in [0.05, 0.1) is 19.0 Å². The van der Waals surface area contributed by atoms with Gasteiger partial charge in [0.15, 0.2) is 0 Å². The van der Waals surface area contributed by atoms with Gasteiger partial charge in [-0.05, 0) is 19.1 Å². The third-order valence-corrected chi connectivity index (χ3v) is 4.01. The summed E-state index contributed by atoms with van der Waals surface area (Å²) in [6, 6.07) is 7.58. The number of carbonyl (C=O) groups excluding carboxylic acids is 1. The van der Waals surface area contributed by atoms with Crippen LogP contribution in [-0.4, -0.2) is 39.3 Å². The molecule has 3 aromatic rings. The smallest absolute Gasteiger partial charge is 0.227 e. The highest BCUT2D eigenvalue weighted by molar-refractivity contribution is 5.76. The Morgan fingerprint density at radius 2 is 2.23 bits per heavy atom. The van der Waals surface area contributed by atoms with Gasteiger partial charge in [0, 0.05) is 37.8 Å². The standard InChI is InChI=1S/C18H21N5O3/c1-13(23-10-9-19-12-23)11-20-16(24)7-8-17-21-18(22-26-17)14-5-3-4-6-15(14)25-2/h3-6,9-10,12-13H,7-8,11H2,1-2H3,(H,20,24)/t13-/m1/s1. The van der Waals surface area contributed by atoms with Crippen LogP contribution >= 0.6 is 0 Å². The summed E-state index contributed by atoms with van der Waals surface area (Å²) in [5, 5.41) is 6.87. The lowest BCUT2D eigenvalue weighted by Crippen LogP contribution is -2.29. The number of para-hydroxylation sites is 1. The van der Waals surface area contributed by atoms with Crippen molar-refractivity contribution < 1.29 is 14.1 Å². The molecule has 2 heterocycles. The summed E-state index contributed by atoms with van der Waals surface area (Å²) in [6.45, 7) is 2.55. The molecule has 0 radical (unpaired) electrons. The summed E-state index contributed by atoms with van der Waals surface area (Å²) < 4.78 is 12.5. The van der Waals surface area contributed by atoms with Gasteiger partial charge in [-0.1, -0.05) is 17.3 Å². The van der Waals surface area contributed by atoms with Crippen LogP contribution < -0.4 is 10.1 Å². The molecule has 1 aromatic carbocycles. The first-order chi connectivity index (χ1) is 12.7. The number of nitrogens with zero attached hydrogens (tertiary/aromatic N) is 4. The van der Waals surface area contributed by atoms with Crippen molar-refractivity contribution >= 4 is 5.91 Å². The highest BCUT2D eigenvalue weighted by Crippen LogP contribution is 2.27. The summed E-state index contributed by atoms with van der Waals surface area (Å²) in [5.41, 5.74) is 0.753. The third kappa shape index (κ3) is 4.27. The average molecular weight is 355 g/mol. The first-order valence-corrected chi connectivity index (χ1v) is 8.37. The number of imidazole rings is 1. The Hall–Kier alpha value is -3.16. The van der Waals surface area contributed by atoms with Crippen molar-refractivity contribution in [2.75, 3.05) is 13.7 Å². The number of amides is 1. The van der Waals surface area contributed by atoms with E-state index >= 15 is 0 Å². The predicted octanol–water partition coefficient (Wildman–Crippen LogP) is 2.25. The van der Waals surface area contributed by atoms with Crippen LogP contribution in [0.3, 0.4) is 0 Å². The quantitative estimate of drug-likeness (QED) is 0.666. The SMILES string of the molecule is COc1ccccc1-c1noc(CCC(=O)NC[C@@H](C)n2ccnc2)n1. The zero-order valence-electron chi connectivity index (χ0n) is 14.8. The highest BCUT2D eigenvalue weighted by atomic mass is 16.5. The van der Waals surface area contributed by atoms with Crippen molar-refractivity contribution in [2.45, 2.75) is 25.8 Å². The summed E-state index contributed by atoms with van der Waals surface area (Å²) in [4.78, 5) is 20.4. The molecule has 136 valence electrons. The molecule has 0 bridgehead atoms. The van der Waals surface area contributed by atoms with E-state index < -0.39 is 0 Å². The molecule has 0 unspecified atom stereocenters. The van der Waals surface area contributed by atoms with Gasteiger partial charge in [-0.2, -0.15) is 4.98 Å². The fraction of sp³-hybridized carbons (Fsp3) is 0.333. The molecule has 0 aliphatic carbocycles.